The molecule has 2 unspecified atom stereocenters. The van der Waals surface area contributed by atoms with Crippen molar-refractivity contribution in [1.29, 1.82) is 0 Å². The van der Waals surface area contributed by atoms with Crippen LogP contribution >= 0.6 is 0 Å². The molecular weight excluding hydrogens is 858 g/mol. The van der Waals surface area contributed by atoms with Crippen molar-refractivity contribution >= 4 is 21.5 Å². The fourth-order valence-electron chi connectivity index (χ4n) is 7.47. The number of nitrogens with zero attached hydrogens (tertiary/aromatic N) is 2. The van der Waals surface area contributed by atoms with Crippen molar-refractivity contribution < 1.29 is 77.2 Å². The summed E-state index contributed by atoms with van der Waals surface area (Å²) < 4.78 is 0. The average Bonchev–Trinajstić information content (AvgIpc) is 3.77. The molecule has 2 aliphatic carbocycles. The van der Waals surface area contributed by atoms with E-state index in [2.05, 4.69) is 206 Å². The number of allylic oxidation sites excluding steroid dienone is 8. The Morgan fingerprint density at radius 2 is 0.833 bits per heavy atom. The molecule has 6 heteroatoms. The molecule has 0 aliphatic heterocycles. The van der Waals surface area contributed by atoms with Gasteiger partial charge in [-0.3, -0.25) is 12.2 Å². The number of hydrogen-bond donors (Lipinski definition) is 0. The van der Waals surface area contributed by atoms with Crippen LogP contribution in [0, 0.1) is 23.0 Å². The molecule has 0 heterocycles. The van der Waals surface area contributed by atoms with Crippen LogP contribution in [0.15, 0.2) is 106 Å². The van der Waals surface area contributed by atoms with E-state index in [0.29, 0.717) is 12.1 Å². The van der Waals surface area contributed by atoms with Crippen LogP contribution in [-0.2, 0) is 52.4 Å². The summed E-state index contributed by atoms with van der Waals surface area (Å²) in [6, 6.07) is 27.3. The van der Waals surface area contributed by atoms with E-state index in [1.807, 2.05) is 0 Å². The maximum absolute atomic E-state index is 3.44. The Morgan fingerprint density at radius 3 is 1.04 bits per heavy atom. The number of halogens is 2. The van der Waals surface area contributed by atoms with Gasteiger partial charge in [0.05, 0.1) is 0 Å². The Labute approximate surface area is 381 Å². The van der Waals surface area contributed by atoms with Crippen molar-refractivity contribution in [3.05, 3.63) is 130 Å². The van der Waals surface area contributed by atoms with Crippen LogP contribution in [0.5, 0.6) is 0 Å². The molecule has 4 aromatic rings. The summed E-state index contributed by atoms with van der Waals surface area (Å²) in [5, 5.41) is 5.51. The second-order valence-corrected chi connectivity index (χ2v) is 15.8. The molecule has 0 N–H and O–H groups in total. The summed E-state index contributed by atoms with van der Waals surface area (Å²) >= 11 is 0. The third-order valence-corrected chi connectivity index (χ3v) is 11.3. The molecule has 0 spiro atoms. The smallest absolute Gasteiger partial charge is 1.00 e. The van der Waals surface area contributed by atoms with Gasteiger partial charge in [-0.05, 0) is 53.1 Å². The summed E-state index contributed by atoms with van der Waals surface area (Å²) in [5.41, 5.74) is 11.7. The van der Waals surface area contributed by atoms with Gasteiger partial charge in [0, 0.05) is 0 Å². The van der Waals surface area contributed by atoms with Crippen LogP contribution in [0.4, 0.5) is 0 Å². The minimum Gasteiger partial charge on any atom is -1.00 e. The van der Waals surface area contributed by atoms with E-state index >= 15 is 0 Å². The van der Waals surface area contributed by atoms with E-state index in [9.17, 15) is 0 Å². The van der Waals surface area contributed by atoms with Gasteiger partial charge in [0.1, 0.15) is 0 Å². The predicted octanol–water partition coefficient (Wildman–Crippen LogP) is 7.37. The minimum atomic E-state index is 0. The van der Waals surface area contributed by atoms with Gasteiger partial charge < -0.3 is 34.6 Å². The van der Waals surface area contributed by atoms with Gasteiger partial charge in [0.2, 0.25) is 0 Å². The molecule has 0 fully saturated rings. The number of benzene rings is 2. The van der Waals surface area contributed by atoms with E-state index in [4.69, 9.17) is 0 Å². The molecule has 2 atom stereocenters. The van der Waals surface area contributed by atoms with Crippen LogP contribution in [0.1, 0.15) is 119 Å². The fourth-order valence-corrected chi connectivity index (χ4v) is 7.47. The molecule has 4 aromatic carbocycles. The Bertz CT molecular complexity index is 1730. The minimum absolute atomic E-state index is 0. The first-order chi connectivity index (χ1) is 23.4. The maximum Gasteiger partial charge on any atom is 2.00 e. The zero-order chi connectivity index (χ0) is 37.6. The predicted molar refractivity (Wildman–Crippen MR) is 222 cm³/mol. The Hall–Kier alpha value is -1.11. The standard InChI is InChI=1S/2C14H18N.2C10H15.2ClH.2Zr/c2*1-4-14(15(2)3)13-10-9-11-7-5-6-8-12(11)13;2*1-7-6-10(4,5)9(3)8(7)2;;;;/h2*5-10,14H,4H2,1-3H3;2*1-5H3;2*1H;;/q4*-1;;;2*+2/p-2. The van der Waals surface area contributed by atoms with E-state index in [1.54, 1.807) is 0 Å². The monoisotopic (exact) mass is 920 g/mol. The molecule has 6 rings (SSSR count). The molecule has 0 saturated heterocycles. The van der Waals surface area contributed by atoms with Crippen molar-refractivity contribution in [2.24, 2.45) is 10.8 Å². The number of fused-ring (bicyclic) bond motifs is 2. The third kappa shape index (κ3) is 13.5. The summed E-state index contributed by atoms with van der Waals surface area (Å²) in [6.07, 6.45) is 9.18. The molecular formula is C48H66Cl2N2Zr2-2. The zero-order valence-corrected chi connectivity index (χ0v) is 42.6. The Kier molecular flexibility index (Phi) is 24.4. The molecule has 2 nitrogen and oxygen atoms in total. The fraction of sp³-hybridized carbons (Fsp3) is 0.458. The van der Waals surface area contributed by atoms with E-state index in [-0.39, 0.29) is 88.1 Å². The average molecular weight is 924 g/mol. The molecule has 0 amide bonds. The topological polar surface area (TPSA) is 6.48 Å². The van der Waals surface area contributed by atoms with Crippen LogP contribution in [0.25, 0.3) is 21.5 Å². The molecule has 0 bridgehead atoms. The first-order valence-corrected chi connectivity index (χ1v) is 18.6. The van der Waals surface area contributed by atoms with Crippen molar-refractivity contribution in [3.8, 4) is 0 Å². The van der Waals surface area contributed by atoms with Gasteiger partial charge >= 0.3 is 52.4 Å². The van der Waals surface area contributed by atoms with Crippen molar-refractivity contribution in [2.75, 3.05) is 28.2 Å². The summed E-state index contributed by atoms with van der Waals surface area (Å²) in [7, 11) is 8.60. The molecule has 54 heavy (non-hydrogen) atoms. The van der Waals surface area contributed by atoms with Gasteiger partial charge in [-0.1, -0.05) is 92.2 Å². The van der Waals surface area contributed by atoms with Gasteiger partial charge in [-0.2, -0.15) is 34.4 Å². The molecule has 292 valence electrons. The van der Waals surface area contributed by atoms with Gasteiger partial charge in [0.15, 0.2) is 0 Å². The first kappa shape index (κ1) is 55.0. The Morgan fingerprint density at radius 1 is 0.537 bits per heavy atom. The molecule has 0 saturated carbocycles. The van der Waals surface area contributed by atoms with Gasteiger partial charge in [-0.25, -0.2) is 11.1 Å². The SMILES string of the molecule is CC1=[C-]C(C)(C)C(C)=C1C.CC1=[C-]C(C)(C)C(C)=C1C.CCC([c-]1ccc2ccccc21)N(C)C.CCC([c-]1ccc2ccccc21)N(C)C.[Cl-].[Cl-].[Zr+2].[Zr+2]. The molecule has 2 aliphatic rings. The summed E-state index contributed by atoms with van der Waals surface area (Å²) in [5.74, 6) is 0. The van der Waals surface area contributed by atoms with Gasteiger partial charge in [0.25, 0.3) is 0 Å². The molecule has 0 radical (unpaired) electrons. The second kappa shape index (κ2) is 24.0. The quantitative estimate of drug-likeness (QED) is 0.187. The van der Waals surface area contributed by atoms with E-state index in [0.717, 1.165) is 12.8 Å². The Balaban J connectivity index is 0. The second-order valence-electron chi connectivity index (χ2n) is 15.8. The largest absolute Gasteiger partial charge is 2.00 e. The maximum atomic E-state index is 3.44. The first-order valence-electron chi connectivity index (χ1n) is 18.6. The van der Waals surface area contributed by atoms with Crippen LogP contribution in [-0.4, -0.2) is 38.0 Å². The molecule has 0 aromatic heterocycles. The van der Waals surface area contributed by atoms with Crippen molar-refractivity contribution in [3.63, 3.8) is 0 Å². The number of rotatable bonds is 6. The normalized spacial score (nSPS) is 16.3. The summed E-state index contributed by atoms with van der Waals surface area (Å²) in [4.78, 5) is 4.59. The van der Waals surface area contributed by atoms with Crippen LogP contribution < -0.4 is 24.8 Å². The van der Waals surface area contributed by atoms with Crippen LogP contribution in [0.2, 0.25) is 0 Å². The summed E-state index contributed by atoms with van der Waals surface area (Å²) in [6.45, 7) is 26.3. The van der Waals surface area contributed by atoms with Crippen LogP contribution in [0.3, 0.4) is 0 Å². The number of hydrogen-bond acceptors (Lipinski definition) is 2. The van der Waals surface area contributed by atoms with E-state index in [1.165, 1.54) is 66.1 Å². The van der Waals surface area contributed by atoms with Crippen molar-refractivity contribution in [1.82, 2.24) is 9.80 Å². The zero-order valence-electron chi connectivity index (χ0n) is 36.1. The van der Waals surface area contributed by atoms with Gasteiger partial charge in [-0.15, -0.1) is 95.1 Å². The third-order valence-electron chi connectivity index (χ3n) is 11.3. The van der Waals surface area contributed by atoms with Crippen molar-refractivity contribution in [2.45, 2.75) is 108 Å². The van der Waals surface area contributed by atoms with E-state index < -0.39 is 0 Å².